The minimum atomic E-state index is -0.431. The van der Waals surface area contributed by atoms with Gasteiger partial charge in [-0.3, -0.25) is 9.69 Å². The molecule has 1 aromatic carbocycles. The van der Waals surface area contributed by atoms with Crippen molar-refractivity contribution >= 4 is 24.2 Å². The van der Waals surface area contributed by atoms with Crippen molar-refractivity contribution in [1.82, 2.24) is 5.32 Å². The zero-order valence-electron chi connectivity index (χ0n) is 9.55. The molecule has 0 bridgehead atoms. The van der Waals surface area contributed by atoms with Gasteiger partial charge in [-0.05, 0) is 24.1 Å². The molecule has 3 N–H and O–H groups in total. The summed E-state index contributed by atoms with van der Waals surface area (Å²) < 4.78 is 0. The number of anilines is 1. The molecule has 17 heavy (non-hydrogen) atoms. The Morgan fingerprint density at radius 3 is 2.94 bits per heavy atom. The van der Waals surface area contributed by atoms with E-state index in [4.69, 9.17) is 5.73 Å². The van der Waals surface area contributed by atoms with E-state index in [2.05, 4.69) is 30.9 Å². The number of carbonyl (C=O) groups is 1. The van der Waals surface area contributed by atoms with Gasteiger partial charge in [0.15, 0.2) is 5.50 Å². The van der Waals surface area contributed by atoms with Gasteiger partial charge in [-0.1, -0.05) is 19.1 Å². The minimum absolute atomic E-state index is 0.217. The molecule has 1 atom stereocenters. The SMILES string of the molecule is CCc1cccc(N2C(N)=CC(=O)NC2S)c1. The van der Waals surface area contributed by atoms with Crippen molar-refractivity contribution in [2.75, 3.05) is 4.90 Å². The zero-order valence-corrected chi connectivity index (χ0v) is 10.4. The number of thiol groups is 1. The van der Waals surface area contributed by atoms with E-state index in [1.807, 2.05) is 18.2 Å². The Bertz CT molecular complexity index is 473. The zero-order chi connectivity index (χ0) is 12.4. The van der Waals surface area contributed by atoms with E-state index < -0.39 is 5.50 Å². The van der Waals surface area contributed by atoms with Crippen LogP contribution in [0.5, 0.6) is 0 Å². The molecule has 2 rings (SSSR count). The topological polar surface area (TPSA) is 58.4 Å². The second-order valence-corrected chi connectivity index (χ2v) is 4.33. The summed E-state index contributed by atoms with van der Waals surface area (Å²) in [5.74, 6) is 0.187. The highest BCUT2D eigenvalue weighted by Gasteiger charge is 2.24. The average molecular weight is 249 g/mol. The molecular weight excluding hydrogens is 234 g/mol. The molecule has 90 valence electrons. The lowest BCUT2D eigenvalue weighted by Crippen LogP contribution is -2.50. The highest BCUT2D eigenvalue weighted by atomic mass is 32.1. The number of aryl methyl sites for hydroxylation is 1. The van der Waals surface area contributed by atoms with E-state index in [9.17, 15) is 4.79 Å². The van der Waals surface area contributed by atoms with Crippen molar-refractivity contribution in [2.24, 2.45) is 5.73 Å². The van der Waals surface area contributed by atoms with Gasteiger partial charge in [-0.15, -0.1) is 12.6 Å². The number of carbonyl (C=O) groups excluding carboxylic acids is 1. The molecule has 0 spiro atoms. The molecule has 0 aromatic heterocycles. The summed E-state index contributed by atoms with van der Waals surface area (Å²) in [5.41, 5.74) is 7.57. The van der Waals surface area contributed by atoms with Crippen LogP contribution in [0.4, 0.5) is 5.69 Å². The molecule has 0 aliphatic carbocycles. The summed E-state index contributed by atoms with van der Waals surface area (Å²) in [6.07, 6.45) is 2.32. The molecule has 1 amide bonds. The van der Waals surface area contributed by atoms with Gasteiger partial charge in [0.05, 0.1) is 0 Å². The molecule has 0 radical (unpaired) electrons. The quantitative estimate of drug-likeness (QED) is 0.690. The van der Waals surface area contributed by atoms with Gasteiger partial charge in [0, 0.05) is 11.8 Å². The fourth-order valence-electron chi connectivity index (χ4n) is 1.80. The van der Waals surface area contributed by atoms with Crippen LogP contribution in [0.15, 0.2) is 36.2 Å². The van der Waals surface area contributed by atoms with Crippen LogP contribution in [0, 0.1) is 0 Å². The number of nitrogens with two attached hydrogens (primary N) is 1. The van der Waals surface area contributed by atoms with Gasteiger partial charge < -0.3 is 11.1 Å². The number of benzene rings is 1. The summed E-state index contributed by atoms with van der Waals surface area (Å²) in [4.78, 5) is 13.0. The maximum Gasteiger partial charge on any atom is 0.249 e. The van der Waals surface area contributed by atoms with Crippen molar-refractivity contribution in [3.8, 4) is 0 Å². The monoisotopic (exact) mass is 249 g/mol. The van der Waals surface area contributed by atoms with Gasteiger partial charge in [0.1, 0.15) is 5.82 Å². The Morgan fingerprint density at radius 2 is 2.29 bits per heavy atom. The lowest BCUT2D eigenvalue weighted by Gasteiger charge is -2.33. The largest absolute Gasteiger partial charge is 0.385 e. The first-order valence-corrected chi connectivity index (χ1v) is 5.97. The van der Waals surface area contributed by atoms with E-state index >= 15 is 0 Å². The minimum Gasteiger partial charge on any atom is -0.385 e. The molecule has 5 heteroatoms. The summed E-state index contributed by atoms with van der Waals surface area (Å²) in [6, 6.07) is 8.01. The van der Waals surface area contributed by atoms with Crippen molar-refractivity contribution in [1.29, 1.82) is 0 Å². The molecule has 0 fully saturated rings. The predicted molar refractivity (Wildman–Crippen MR) is 71.5 cm³/mol. The number of nitrogens with one attached hydrogen (secondary N) is 1. The third-order valence-corrected chi connectivity index (χ3v) is 3.03. The van der Waals surface area contributed by atoms with Crippen LogP contribution in [-0.4, -0.2) is 11.4 Å². The van der Waals surface area contributed by atoms with Gasteiger partial charge in [0.2, 0.25) is 5.91 Å². The fraction of sp³-hybridized carbons (Fsp3) is 0.250. The Morgan fingerprint density at radius 1 is 1.53 bits per heavy atom. The Kier molecular flexibility index (Phi) is 3.28. The number of amides is 1. The van der Waals surface area contributed by atoms with Crippen molar-refractivity contribution in [3.63, 3.8) is 0 Å². The van der Waals surface area contributed by atoms with Crippen LogP contribution in [0.1, 0.15) is 12.5 Å². The first-order chi connectivity index (χ1) is 8.11. The number of hydrogen-bond acceptors (Lipinski definition) is 4. The Hall–Kier alpha value is -1.62. The van der Waals surface area contributed by atoms with Crippen LogP contribution in [0.25, 0.3) is 0 Å². The lowest BCUT2D eigenvalue weighted by molar-refractivity contribution is -0.117. The van der Waals surface area contributed by atoms with Crippen LogP contribution in [-0.2, 0) is 11.2 Å². The molecule has 0 saturated heterocycles. The number of nitrogens with zero attached hydrogens (tertiary/aromatic N) is 1. The van der Waals surface area contributed by atoms with E-state index in [1.165, 1.54) is 11.6 Å². The second-order valence-electron chi connectivity index (χ2n) is 3.84. The molecule has 1 heterocycles. The van der Waals surface area contributed by atoms with Gasteiger partial charge >= 0.3 is 0 Å². The number of rotatable bonds is 2. The van der Waals surface area contributed by atoms with Crippen molar-refractivity contribution in [2.45, 2.75) is 18.8 Å². The van der Waals surface area contributed by atoms with Crippen LogP contribution in [0.3, 0.4) is 0 Å². The highest BCUT2D eigenvalue weighted by molar-refractivity contribution is 7.81. The molecule has 1 unspecified atom stereocenters. The second kappa shape index (κ2) is 4.71. The standard InChI is InChI=1S/C12H15N3OS/c1-2-8-4-3-5-9(6-8)15-10(13)7-11(16)14-12(15)17/h3-7,12,17H,2,13H2,1H3,(H,14,16). The van der Waals surface area contributed by atoms with Crippen molar-refractivity contribution < 1.29 is 4.79 Å². The maximum absolute atomic E-state index is 11.2. The third kappa shape index (κ3) is 2.39. The van der Waals surface area contributed by atoms with E-state index in [-0.39, 0.29) is 5.91 Å². The first kappa shape index (κ1) is 11.9. The molecule has 4 nitrogen and oxygen atoms in total. The van der Waals surface area contributed by atoms with E-state index in [1.54, 1.807) is 4.90 Å². The van der Waals surface area contributed by atoms with E-state index in [0.29, 0.717) is 5.82 Å². The predicted octanol–water partition coefficient (Wildman–Crippen LogP) is 1.20. The van der Waals surface area contributed by atoms with Gasteiger partial charge in [-0.25, -0.2) is 0 Å². The highest BCUT2D eigenvalue weighted by Crippen LogP contribution is 2.24. The van der Waals surface area contributed by atoms with Gasteiger partial charge in [-0.2, -0.15) is 0 Å². The summed E-state index contributed by atoms with van der Waals surface area (Å²) in [6.45, 7) is 2.09. The van der Waals surface area contributed by atoms with Gasteiger partial charge in [0.25, 0.3) is 0 Å². The molecular formula is C12H15N3OS. The molecule has 1 aromatic rings. The molecule has 1 aliphatic rings. The summed E-state index contributed by atoms with van der Waals surface area (Å²) in [7, 11) is 0. The maximum atomic E-state index is 11.2. The molecule has 0 saturated carbocycles. The lowest BCUT2D eigenvalue weighted by atomic mass is 10.1. The summed E-state index contributed by atoms with van der Waals surface area (Å²) in [5, 5.41) is 2.69. The Labute approximate surface area is 106 Å². The van der Waals surface area contributed by atoms with Crippen molar-refractivity contribution in [3.05, 3.63) is 41.7 Å². The van der Waals surface area contributed by atoms with E-state index in [0.717, 1.165) is 12.1 Å². The smallest absolute Gasteiger partial charge is 0.249 e. The van der Waals surface area contributed by atoms with Crippen LogP contribution in [0.2, 0.25) is 0 Å². The number of hydrogen-bond donors (Lipinski definition) is 3. The fourth-order valence-corrected chi connectivity index (χ4v) is 2.19. The van der Waals surface area contributed by atoms with Crippen LogP contribution < -0.4 is 16.0 Å². The normalized spacial score (nSPS) is 19.9. The Balaban J connectivity index is 2.38. The molecule has 1 aliphatic heterocycles. The third-order valence-electron chi connectivity index (χ3n) is 2.67. The first-order valence-electron chi connectivity index (χ1n) is 5.45. The van der Waals surface area contributed by atoms with Crippen LogP contribution >= 0.6 is 12.6 Å². The average Bonchev–Trinajstić information content (AvgIpc) is 2.28. The summed E-state index contributed by atoms with van der Waals surface area (Å²) >= 11 is 4.32.